The molecule has 0 spiro atoms. The molecule has 1 aromatic carbocycles. The molecule has 12 heavy (non-hydrogen) atoms. The molecule has 0 heterocycles. The highest BCUT2D eigenvalue weighted by atomic mass is 127. The van der Waals surface area contributed by atoms with Crippen LogP contribution in [0.3, 0.4) is 0 Å². The number of hydrogen-bond donors (Lipinski definition) is 0. The van der Waals surface area contributed by atoms with Crippen LogP contribution in [0.25, 0.3) is 0 Å². The zero-order chi connectivity index (χ0) is 9.14. The molecule has 0 saturated carbocycles. The fourth-order valence-electron chi connectivity index (χ4n) is 0.771. The van der Waals surface area contributed by atoms with E-state index >= 15 is 0 Å². The maximum atomic E-state index is 11.1. The summed E-state index contributed by atoms with van der Waals surface area (Å²) in [4.78, 5) is 11.1. The number of methoxy groups -OCH3 is 1. The number of hydrogen-bond acceptors (Lipinski definition) is 2. The van der Waals surface area contributed by atoms with Gasteiger partial charge in [-0.3, -0.25) is 0 Å². The third-order valence-electron chi connectivity index (χ3n) is 1.36. The van der Waals surface area contributed by atoms with E-state index in [2.05, 4.69) is 4.74 Å². The van der Waals surface area contributed by atoms with Gasteiger partial charge in [0, 0.05) is 3.57 Å². The number of carbonyl (C=O) groups excluding carboxylic acids is 1. The Labute approximate surface area is 89.0 Å². The first-order valence-electron chi connectivity index (χ1n) is 3.19. The third-order valence-corrected chi connectivity index (χ3v) is 3.15. The average molecular weight is 296 g/mol. The second kappa shape index (κ2) is 4.09. The summed E-state index contributed by atoms with van der Waals surface area (Å²) in [5, 5.41) is 0.568. The minimum atomic E-state index is -0.359. The SMILES string of the molecule is COC(=O)c1cccc(Cl)c1I. The molecule has 2 nitrogen and oxygen atoms in total. The molecule has 0 saturated heterocycles. The van der Waals surface area contributed by atoms with E-state index in [1.807, 2.05) is 22.6 Å². The van der Waals surface area contributed by atoms with Crippen LogP contribution in [0.1, 0.15) is 10.4 Å². The lowest BCUT2D eigenvalue weighted by atomic mass is 10.2. The molecule has 0 bridgehead atoms. The molecule has 0 fully saturated rings. The Morgan fingerprint density at radius 3 is 2.83 bits per heavy atom. The van der Waals surface area contributed by atoms with Gasteiger partial charge in [-0.05, 0) is 34.7 Å². The highest BCUT2D eigenvalue weighted by Gasteiger charge is 2.11. The Hall–Kier alpha value is -0.290. The highest BCUT2D eigenvalue weighted by molar-refractivity contribution is 14.1. The maximum absolute atomic E-state index is 11.1. The van der Waals surface area contributed by atoms with E-state index in [-0.39, 0.29) is 5.97 Å². The van der Waals surface area contributed by atoms with Gasteiger partial charge in [0.05, 0.1) is 17.7 Å². The van der Waals surface area contributed by atoms with Gasteiger partial charge in [0.25, 0.3) is 0 Å². The fourth-order valence-corrected chi connectivity index (χ4v) is 1.53. The number of esters is 1. The van der Waals surface area contributed by atoms with Crippen molar-refractivity contribution in [3.63, 3.8) is 0 Å². The average Bonchev–Trinajstić information content (AvgIpc) is 2.08. The maximum Gasteiger partial charge on any atom is 0.338 e. The fraction of sp³-hybridized carbons (Fsp3) is 0.125. The Bertz CT molecular complexity index is 312. The standard InChI is InChI=1S/C8H6ClIO2/c1-12-8(11)5-3-2-4-6(9)7(5)10/h2-4H,1H3. The van der Waals surface area contributed by atoms with Gasteiger partial charge in [0.2, 0.25) is 0 Å². The van der Waals surface area contributed by atoms with Gasteiger partial charge in [0.15, 0.2) is 0 Å². The summed E-state index contributed by atoms with van der Waals surface area (Å²) in [7, 11) is 1.35. The molecule has 0 aliphatic heterocycles. The highest BCUT2D eigenvalue weighted by Crippen LogP contribution is 2.22. The van der Waals surface area contributed by atoms with E-state index in [4.69, 9.17) is 11.6 Å². The monoisotopic (exact) mass is 296 g/mol. The molecule has 0 aliphatic carbocycles. The lowest BCUT2D eigenvalue weighted by molar-refractivity contribution is 0.0599. The van der Waals surface area contributed by atoms with Crippen LogP contribution in [0, 0.1) is 3.57 Å². The summed E-state index contributed by atoms with van der Waals surface area (Å²) in [5.74, 6) is -0.359. The molecule has 1 rings (SSSR count). The predicted octanol–water partition coefficient (Wildman–Crippen LogP) is 2.73. The van der Waals surface area contributed by atoms with Gasteiger partial charge in [-0.25, -0.2) is 4.79 Å². The third kappa shape index (κ3) is 1.90. The molecule has 0 radical (unpaired) electrons. The molecule has 0 aliphatic rings. The Kier molecular flexibility index (Phi) is 3.34. The number of ether oxygens (including phenoxy) is 1. The topological polar surface area (TPSA) is 26.3 Å². The molecule has 0 aromatic heterocycles. The zero-order valence-electron chi connectivity index (χ0n) is 6.30. The van der Waals surface area contributed by atoms with Crippen LogP contribution in [0.5, 0.6) is 0 Å². The molecule has 0 unspecified atom stereocenters. The summed E-state index contributed by atoms with van der Waals surface area (Å²) in [6, 6.07) is 5.13. The van der Waals surface area contributed by atoms with Crippen LogP contribution in [-0.4, -0.2) is 13.1 Å². The second-order valence-electron chi connectivity index (χ2n) is 2.09. The number of rotatable bonds is 1. The van der Waals surface area contributed by atoms with E-state index in [0.29, 0.717) is 10.6 Å². The van der Waals surface area contributed by atoms with Gasteiger partial charge >= 0.3 is 5.97 Å². The van der Waals surface area contributed by atoms with Gasteiger partial charge in [-0.15, -0.1) is 0 Å². The van der Waals surface area contributed by atoms with Crippen molar-refractivity contribution < 1.29 is 9.53 Å². The lowest BCUT2D eigenvalue weighted by Crippen LogP contribution is -2.03. The minimum absolute atomic E-state index is 0.359. The van der Waals surface area contributed by atoms with E-state index in [1.54, 1.807) is 18.2 Å². The predicted molar refractivity (Wildman–Crippen MR) is 55.5 cm³/mol. The van der Waals surface area contributed by atoms with Crippen LogP contribution >= 0.6 is 34.2 Å². The van der Waals surface area contributed by atoms with E-state index in [9.17, 15) is 4.79 Å². The number of carbonyl (C=O) groups is 1. The van der Waals surface area contributed by atoms with Crippen molar-refractivity contribution in [1.82, 2.24) is 0 Å². The molecular formula is C8H6ClIO2. The first-order chi connectivity index (χ1) is 5.66. The van der Waals surface area contributed by atoms with Crippen molar-refractivity contribution in [2.24, 2.45) is 0 Å². The summed E-state index contributed by atoms with van der Waals surface area (Å²) in [6.07, 6.45) is 0. The molecule has 0 atom stereocenters. The largest absolute Gasteiger partial charge is 0.465 e. The van der Waals surface area contributed by atoms with E-state index < -0.39 is 0 Å². The minimum Gasteiger partial charge on any atom is -0.465 e. The van der Waals surface area contributed by atoms with Gasteiger partial charge in [-0.2, -0.15) is 0 Å². The van der Waals surface area contributed by atoms with Crippen molar-refractivity contribution in [1.29, 1.82) is 0 Å². The Morgan fingerprint density at radius 1 is 1.58 bits per heavy atom. The van der Waals surface area contributed by atoms with Crippen LogP contribution in [0.4, 0.5) is 0 Å². The van der Waals surface area contributed by atoms with Gasteiger partial charge in [-0.1, -0.05) is 17.7 Å². The molecule has 0 amide bonds. The van der Waals surface area contributed by atoms with Crippen molar-refractivity contribution in [2.45, 2.75) is 0 Å². The summed E-state index contributed by atoms with van der Waals surface area (Å²) in [6.45, 7) is 0. The molecule has 1 aromatic rings. The van der Waals surface area contributed by atoms with Gasteiger partial charge < -0.3 is 4.74 Å². The number of halogens is 2. The quantitative estimate of drug-likeness (QED) is 0.588. The van der Waals surface area contributed by atoms with Crippen LogP contribution in [0.15, 0.2) is 18.2 Å². The van der Waals surface area contributed by atoms with Crippen LogP contribution in [-0.2, 0) is 4.74 Å². The zero-order valence-corrected chi connectivity index (χ0v) is 9.22. The van der Waals surface area contributed by atoms with Crippen molar-refractivity contribution in [2.75, 3.05) is 7.11 Å². The first kappa shape index (κ1) is 9.80. The smallest absolute Gasteiger partial charge is 0.338 e. The van der Waals surface area contributed by atoms with Gasteiger partial charge in [0.1, 0.15) is 0 Å². The van der Waals surface area contributed by atoms with Crippen molar-refractivity contribution in [3.05, 3.63) is 32.4 Å². The molecule has 0 N–H and O–H groups in total. The van der Waals surface area contributed by atoms with Crippen molar-refractivity contribution in [3.8, 4) is 0 Å². The van der Waals surface area contributed by atoms with E-state index in [0.717, 1.165) is 3.57 Å². The van der Waals surface area contributed by atoms with E-state index in [1.165, 1.54) is 7.11 Å². The summed E-state index contributed by atoms with van der Waals surface area (Å²) >= 11 is 7.81. The number of benzene rings is 1. The molecule has 64 valence electrons. The normalized spacial score (nSPS) is 9.58. The second-order valence-corrected chi connectivity index (χ2v) is 3.58. The van der Waals surface area contributed by atoms with Crippen LogP contribution in [0.2, 0.25) is 5.02 Å². The lowest BCUT2D eigenvalue weighted by Gasteiger charge is -2.02. The summed E-state index contributed by atoms with van der Waals surface area (Å²) in [5.41, 5.74) is 0.505. The Morgan fingerprint density at radius 2 is 2.25 bits per heavy atom. The van der Waals surface area contributed by atoms with Crippen LogP contribution < -0.4 is 0 Å². The first-order valence-corrected chi connectivity index (χ1v) is 4.65. The summed E-state index contributed by atoms with van der Waals surface area (Å²) < 4.78 is 5.30. The molecule has 4 heteroatoms. The van der Waals surface area contributed by atoms with Crippen molar-refractivity contribution >= 4 is 40.2 Å². The Balaban J connectivity index is 3.16. The molecular weight excluding hydrogens is 290 g/mol.